The van der Waals surface area contributed by atoms with Crippen LogP contribution >= 0.6 is 0 Å². The summed E-state index contributed by atoms with van der Waals surface area (Å²) in [6.07, 6.45) is 6.14. The Kier molecular flexibility index (Phi) is 5.97. The van der Waals surface area contributed by atoms with E-state index in [-0.39, 0.29) is 0 Å². The second kappa shape index (κ2) is 7.08. The Morgan fingerprint density at radius 1 is 1.47 bits per heavy atom. The standard InChI is InChI=1S/C6H11N2.C4N3/c1-3-8-5-4-7(2)6-8;5-1-4(2-6)3-7/h4-6H,3H2,1-2H3;/q+1;-1. The molecule has 0 bridgehead atoms. The molecule has 1 rings (SSSR count). The lowest BCUT2D eigenvalue weighted by Crippen LogP contribution is -2.23. The highest BCUT2D eigenvalue weighted by atomic mass is 15.1. The van der Waals surface area contributed by atoms with E-state index in [0.717, 1.165) is 6.54 Å². The van der Waals surface area contributed by atoms with Crippen molar-refractivity contribution in [3.63, 3.8) is 0 Å². The van der Waals surface area contributed by atoms with Gasteiger partial charge in [-0.15, -0.1) is 0 Å². The zero-order valence-corrected chi connectivity index (χ0v) is 8.68. The van der Waals surface area contributed by atoms with Crippen LogP contribution in [0.15, 0.2) is 24.3 Å². The largest absolute Gasteiger partial charge is 0.762 e. The van der Waals surface area contributed by atoms with Crippen molar-refractivity contribution in [2.45, 2.75) is 13.5 Å². The Bertz CT molecular complexity index is 421. The van der Waals surface area contributed by atoms with Gasteiger partial charge in [-0.25, -0.2) is 15.0 Å². The van der Waals surface area contributed by atoms with E-state index in [2.05, 4.69) is 24.0 Å². The van der Waals surface area contributed by atoms with Crippen molar-refractivity contribution in [1.82, 2.24) is 4.57 Å². The summed E-state index contributed by atoms with van der Waals surface area (Å²) >= 11 is 0. The molecule has 0 radical (unpaired) electrons. The maximum Gasteiger partial charge on any atom is 0.243 e. The lowest BCUT2D eigenvalue weighted by atomic mass is 10.4. The normalized spacial score (nSPS) is 7.47. The predicted octanol–water partition coefficient (Wildman–Crippen LogP) is 0.532. The second-order valence-electron chi connectivity index (χ2n) is 2.62. The summed E-state index contributed by atoms with van der Waals surface area (Å²) in [6, 6.07) is 2.79. The Labute approximate surface area is 88.6 Å². The van der Waals surface area contributed by atoms with Crippen molar-refractivity contribution in [3.8, 4) is 12.1 Å². The fraction of sp³-hybridized carbons (Fsp3) is 0.300. The van der Waals surface area contributed by atoms with Crippen LogP contribution < -0.4 is 4.57 Å². The summed E-state index contributed by atoms with van der Waals surface area (Å²) in [4.78, 5) is 0. The first kappa shape index (κ1) is 12.6. The Hall–Kier alpha value is -2.36. The summed E-state index contributed by atoms with van der Waals surface area (Å²) in [5.41, 5.74) is -0.403. The topological polar surface area (TPSA) is 78.7 Å². The van der Waals surface area contributed by atoms with Crippen LogP contribution in [-0.4, -0.2) is 10.4 Å². The lowest BCUT2D eigenvalue weighted by Gasteiger charge is -1.81. The summed E-state index contributed by atoms with van der Waals surface area (Å²) in [6.45, 7) is 3.18. The van der Waals surface area contributed by atoms with Gasteiger partial charge in [0.1, 0.15) is 30.1 Å². The molecule has 0 saturated carbocycles. The van der Waals surface area contributed by atoms with E-state index < -0.39 is 5.57 Å². The smallest absolute Gasteiger partial charge is 0.243 e. The molecule has 5 nitrogen and oxygen atoms in total. The highest BCUT2D eigenvalue weighted by molar-refractivity contribution is 5.71. The maximum absolute atomic E-state index is 7.79. The first-order valence-electron chi connectivity index (χ1n) is 4.26. The molecule has 0 fully saturated rings. The van der Waals surface area contributed by atoms with Crippen molar-refractivity contribution < 1.29 is 4.57 Å². The van der Waals surface area contributed by atoms with Crippen LogP contribution in [0.1, 0.15) is 6.92 Å². The van der Waals surface area contributed by atoms with E-state index in [1.54, 1.807) is 0 Å². The zero-order valence-electron chi connectivity index (χ0n) is 8.68. The Morgan fingerprint density at radius 3 is 2.20 bits per heavy atom. The van der Waals surface area contributed by atoms with Gasteiger partial charge >= 0.3 is 0 Å². The van der Waals surface area contributed by atoms with Crippen molar-refractivity contribution in [1.29, 1.82) is 10.5 Å². The predicted molar refractivity (Wildman–Crippen MR) is 54.4 cm³/mol. The van der Waals surface area contributed by atoms with Gasteiger partial charge in [-0.2, -0.15) is 10.5 Å². The maximum atomic E-state index is 7.79. The number of nitrogens with zero attached hydrogens (tertiary/aromatic N) is 5. The molecule has 0 N–H and O–H groups in total. The van der Waals surface area contributed by atoms with E-state index in [9.17, 15) is 0 Å². The molecule has 0 aromatic carbocycles. The van der Waals surface area contributed by atoms with Crippen LogP contribution in [0, 0.1) is 22.7 Å². The fourth-order valence-electron chi connectivity index (χ4n) is 0.764. The van der Waals surface area contributed by atoms with E-state index in [4.69, 9.17) is 15.9 Å². The monoisotopic (exact) mass is 201 g/mol. The number of hydrogen-bond donors (Lipinski definition) is 0. The van der Waals surface area contributed by atoms with Crippen molar-refractivity contribution in [3.05, 3.63) is 29.7 Å². The van der Waals surface area contributed by atoms with Crippen molar-refractivity contribution >= 4 is 5.87 Å². The Morgan fingerprint density at radius 2 is 2.07 bits per heavy atom. The van der Waals surface area contributed by atoms with Crippen LogP contribution in [0.4, 0.5) is 0 Å². The molecule has 0 spiro atoms. The summed E-state index contributed by atoms with van der Waals surface area (Å²) in [5.74, 6) is 1.40. The highest BCUT2D eigenvalue weighted by Gasteiger charge is 1.92. The number of nitriles is 2. The van der Waals surface area contributed by atoms with Crippen molar-refractivity contribution in [2.24, 2.45) is 7.05 Å². The minimum Gasteiger partial charge on any atom is -0.762 e. The number of hydrogen-bond acceptors (Lipinski definition) is 2. The quantitative estimate of drug-likeness (QED) is 0.377. The number of aromatic nitrogens is 2. The van der Waals surface area contributed by atoms with Gasteiger partial charge in [0.25, 0.3) is 0 Å². The summed E-state index contributed by atoms with van der Waals surface area (Å²) < 4.78 is 4.16. The van der Waals surface area contributed by atoms with Crippen LogP contribution in [0.2, 0.25) is 0 Å². The third-order valence-electron chi connectivity index (χ3n) is 1.52. The molecule has 1 aromatic heterocycles. The summed E-state index contributed by atoms with van der Waals surface area (Å²) in [5, 5.41) is 23.4. The molecule has 1 heterocycles. The molecule has 0 aliphatic rings. The summed E-state index contributed by atoms with van der Waals surface area (Å²) in [7, 11) is 2.02. The second-order valence-corrected chi connectivity index (χ2v) is 2.62. The SMILES string of the molecule is CCn1cc[n+](C)c1.N#CC(=C=[N-])C#N. The van der Waals surface area contributed by atoms with Crippen LogP contribution in [-0.2, 0) is 13.6 Å². The molecule has 0 unspecified atom stereocenters. The van der Waals surface area contributed by atoms with Gasteiger partial charge in [-0.1, -0.05) is 0 Å². The molecule has 0 saturated heterocycles. The minimum atomic E-state index is -0.403. The number of rotatable bonds is 1. The average molecular weight is 201 g/mol. The highest BCUT2D eigenvalue weighted by Crippen LogP contribution is 1.79. The average Bonchev–Trinajstić information content (AvgIpc) is 2.68. The molecule has 0 aliphatic carbocycles. The molecule has 0 aliphatic heterocycles. The van der Waals surface area contributed by atoms with Crippen molar-refractivity contribution in [2.75, 3.05) is 0 Å². The number of aryl methyl sites for hydroxylation is 2. The Balaban J connectivity index is 0.000000265. The first-order chi connectivity index (χ1) is 7.17. The van der Waals surface area contributed by atoms with Gasteiger partial charge in [0.15, 0.2) is 0 Å². The fourth-order valence-corrected chi connectivity index (χ4v) is 0.764. The van der Waals surface area contributed by atoms with E-state index >= 15 is 0 Å². The van der Waals surface area contributed by atoms with Gasteiger partial charge in [-0.05, 0) is 6.92 Å². The van der Waals surface area contributed by atoms with Gasteiger partial charge in [0.2, 0.25) is 6.33 Å². The zero-order chi connectivity index (χ0) is 11.7. The first-order valence-corrected chi connectivity index (χ1v) is 4.26. The van der Waals surface area contributed by atoms with E-state index in [0.29, 0.717) is 0 Å². The van der Waals surface area contributed by atoms with E-state index in [1.165, 1.54) is 18.0 Å². The van der Waals surface area contributed by atoms with Gasteiger partial charge < -0.3 is 5.41 Å². The molecular formula is C10H11N5. The molecule has 5 heteroatoms. The van der Waals surface area contributed by atoms with Crippen LogP contribution in [0.5, 0.6) is 0 Å². The van der Waals surface area contributed by atoms with Gasteiger partial charge in [0.05, 0.1) is 13.6 Å². The van der Waals surface area contributed by atoms with Gasteiger partial charge in [0, 0.05) is 0 Å². The molecule has 0 atom stereocenters. The van der Waals surface area contributed by atoms with Crippen LogP contribution in [0.25, 0.3) is 5.41 Å². The molecular weight excluding hydrogens is 190 g/mol. The third kappa shape index (κ3) is 5.05. The molecule has 1 aromatic rings. The third-order valence-corrected chi connectivity index (χ3v) is 1.52. The van der Waals surface area contributed by atoms with Crippen LogP contribution in [0.3, 0.4) is 0 Å². The van der Waals surface area contributed by atoms with E-state index in [1.807, 2.05) is 17.8 Å². The molecule has 15 heavy (non-hydrogen) atoms. The number of imidazole rings is 1. The molecule has 0 amide bonds. The lowest BCUT2D eigenvalue weighted by molar-refractivity contribution is -0.671. The van der Waals surface area contributed by atoms with Gasteiger partial charge in [-0.3, -0.25) is 0 Å². The number of allylic oxidation sites excluding steroid dienone is 1. The minimum absolute atomic E-state index is 0.403. The molecule has 76 valence electrons.